The lowest BCUT2D eigenvalue weighted by Crippen LogP contribution is -2.63. The summed E-state index contributed by atoms with van der Waals surface area (Å²) in [6, 6.07) is 0. The zero-order valence-electron chi connectivity index (χ0n) is 24.0. The van der Waals surface area contributed by atoms with Crippen LogP contribution in [0.2, 0.25) is 0 Å². The third-order valence-electron chi connectivity index (χ3n) is 6.60. The van der Waals surface area contributed by atoms with Gasteiger partial charge in [0.25, 0.3) is 0 Å². The van der Waals surface area contributed by atoms with Gasteiger partial charge >= 0.3 is 35.8 Å². The predicted molar refractivity (Wildman–Crippen MR) is 134 cm³/mol. The monoisotopic (exact) mass is 598 g/mol. The molecule has 232 valence electrons. The molecule has 2 aliphatic heterocycles. The second-order valence-electron chi connectivity index (χ2n) is 9.70. The average Bonchev–Trinajstić information content (AvgIpc) is 3.33. The van der Waals surface area contributed by atoms with Crippen molar-refractivity contribution in [3.63, 3.8) is 0 Å². The number of fused-ring (bicyclic) bond motifs is 1. The first kappa shape index (κ1) is 32.5. The smallest absolute Gasteiger partial charge is 0.337 e. The molecule has 8 atom stereocenters. The van der Waals surface area contributed by atoms with E-state index in [-0.39, 0.29) is 12.2 Å². The molecule has 0 saturated carbocycles. The summed E-state index contributed by atoms with van der Waals surface area (Å²) >= 11 is 0. The van der Waals surface area contributed by atoms with Gasteiger partial charge in [0.2, 0.25) is 12.6 Å². The topological polar surface area (TPSA) is 185 Å². The number of rotatable bonds is 10. The second-order valence-corrected chi connectivity index (χ2v) is 9.70. The summed E-state index contributed by atoms with van der Waals surface area (Å²) in [5.74, 6) is -5.39. The summed E-state index contributed by atoms with van der Waals surface area (Å²) in [6.45, 7) is 5.14. The summed E-state index contributed by atoms with van der Waals surface area (Å²) in [5.41, 5.74) is 0.804. The van der Waals surface area contributed by atoms with E-state index in [1.165, 1.54) is 20.3 Å². The predicted octanol–water partition coefficient (Wildman–Crippen LogP) is 0.625. The van der Waals surface area contributed by atoms with Crippen LogP contribution in [-0.2, 0) is 71.4 Å². The summed E-state index contributed by atoms with van der Waals surface area (Å²) in [6.07, 6.45) is -4.93. The first-order valence-corrected chi connectivity index (χ1v) is 13.0. The van der Waals surface area contributed by atoms with Crippen LogP contribution in [0, 0.1) is 11.8 Å². The molecule has 42 heavy (non-hydrogen) atoms. The maximum Gasteiger partial charge on any atom is 0.337 e. The van der Waals surface area contributed by atoms with Gasteiger partial charge in [-0.3, -0.25) is 24.0 Å². The van der Waals surface area contributed by atoms with Crippen LogP contribution in [-0.4, -0.2) is 93.1 Å². The van der Waals surface area contributed by atoms with Gasteiger partial charge in [0, 0.05) is 40.5 Å². The highest BCUT2D eigenvalue weighted by molar-refractivity contribution is 5.89. The standard InChI is InChI=1S/C27H34O15/c1-12(28)35-9-17-7-8-18-19(25(33)34-6)10-37-26(21(17)18)42-27-24(40-16(5)32)23(39-15(4)31)22(38-14(3)30)20(41-27)11-36-13(2)29/h7,10,18,20-24,26-27H,8-9,11H2,1-6H3. The minimum atomic E-state index is -1.53. The fourth-order valence-electron chi connectivity index (χ4n) is 5.02. The van der Waals surface area contributed by atoms with Crippen LogP contribution in [0.3, 0.4) is 0 Å². The van der Waals surface area contributed by atoms with E-state index >= 15 is 0 Å². The van der Waals surface area contributed by atoms with Gasteiger partial charge in [0.15, 0.2) is 18.3 Å². The van der Waals surface area contributed by atoms with Gasteiger partial charge in [-0.25, -0.2) is 4.79 Å². The highest BCUT2D eigenvalue weighted by Gasteiger charge is 2.55. The van der Waals surface area contributed by atoms with E-state index in [2.05, 4.69) is 0 Å². The lowest BCUT2D eigenvalue weighted by atomic mass is 9.83. The number of esters is 6. The zero-order chi connectivity index (χ0) is 31.1. The van der Waals surface area contributed by atoms with Gasteiger partial charge in [-0.2, -0.15) is 0 Å². The molecule has 3 aliphatic rings. The third kappa shape index (κ3) is 8.06. The molecule has 2 heterocycles. The molecular formula is C27H34O15. The Bertz CT molecular complexity index is 1140. The molecular weight excluding hydrogens is 564 g/mol. The lowest BCUT2D eigenvalue weighted by molar-refractivity contribution is -0.342. The van der Waals surface area contributed by atoms with Gasteiger partial charge in [-0.15, -0.1) is 0 Å². The Morgan fingerprint density at radius 3 is 1.95 bits per heavy atom. The fraction of sp³-hybridized carbons (Fsp3) is 0.630. The number of ether oxygens (including phenoxy) is 9. The molecule has 0 aromatic rings. The summed E-state index contributed by atoms with van der Waals surface area (Å²) in [4.78, 5) is 71.8. The van der Waals surface area contributed by atoms with E-state index in [9.17, 15) is 28.8 Å². The van der Waals surface area contributed by atoms with Crippen molar-refractivity contribution in [3.05, 3.63) is 23.5 Å². The highest BCUT2D eigenvalue weighted by Crippen LogP contribution is 2.45. The number of hydrogen-bond acceptors (Lipinski definition) is 15. The van der Waals surface area contributed by atoms with Crippen LogP contribution >= 0.6 is 0 Å². The zero-order valence-corrected chi connectivity index (χ0v) is 24.0. The van der Waals surface area contributed by atoms with Gasteiger partial charge in [0.1, 0.15) is 19.3 Å². The van der Waals surface area contributed by atoms with Gasteiger partial charge in [-0.05, 0) is 12.0 Å². The van der Waals surface area contributed by atoms with Crippen molar-refractivity contribution in [2.45, 2.75) is 78.0 Å². The Labute approximate surface area is 241 Å². The minimum Gasteiger partial charge on any atom is -0.471 e. The Morgan fingerprint density at radius 2 is 1.38 bits per heavy atom. The van der Waals surface area contributed by atoms with Crippen molar-refractivity contribution in [3.8, 4) is 0 Å². The van der Waals surface area contributed by atoms with Crippen LogP contribution in [0.5, 0.6) is 0 Å². The van der Waals surface area contributed by atoms with Crippen LogP contribution in [0.25, 0.3) is 0 Å². The maximum atomic E-state index is 12.5. The number of methoxy groups -OCH3 is 1. The Morgan fingerprint density at radius 1 is 0.786 bits per heavy atom. The first-order chi connectivity index (χ1) is 19.8. The molecule has 0 bridgehead atoms. The quantitative estimate of drug-likeness (QED) is 0.193. The summed E-state index contributed by atoms with van der Waals surface area (Å²) in [7, 11) is 1.22. The maximum absolute atomic E-state index is 12.5. The van der Waals surface area contributed by atoms with Crippen molar-refractivity contribution in [1.82, 2.24) is 0 Å². The first-order valence-electron chi connectivity index (χ1n) is 13.0. The molecule has 1 fully saturated rings. The molecule has 1 aliphatic carbocycles. The highest BCUT2D eigenvalue weighted by atomic mass is 16.8. The largest absolute Gasteiger partial charge is 0.471 e. The molecule has 0 aromatic heterocycles. The van der Waals surface area contributed by atoms with E-state index in [0.717, 1.165) is 27.7 Å². The van der Waals surface area contributed by atoms with E-state index in [0.29, 0.717) is 12.0 Å². The molecule has 0 N–H and O–H groups in total. The number of allylic oxidation sites excluding steroid dienone is 1. The molecule has 0 aromatic carbocycles. The van der Waals surface area contributed by atoms with Gasteiger partial charge in [-0.1, -0.05) is 6.08 Å². The molecule has 0 radical (unpaired) electrons. The number of carbonyl (C=O) groups excluding carboxylic acids is 6. The van der Waals surface area contributed by atoms with Crippen molar-refractivity contribution in [1.29, 1.82) is 0 Å². The van der Waals surface area contributed by atoms with Crippen LogP contribution in [0.4, 0.5) is 0 Å². The molecule has 0 spiro atoms. The molecule has 8 unspecified atom stereocenters. The van der Waals surface area contributed by atoms with E-state index in [1.807, 2.05) is 0 Å². The Kier molecular flexibility index (Phi) is 11.1. The molecule has 3 rings (SSSR count). The van der Waals surface area contributed by atoms with Crippen LogP contribution in [0.1, 0.15) is 41.0 Å². The SMILES string of the molecule is COC(=O)C1=COC(OC2OC(COC(C)=O)C(OC(C)=O)C(OC(C)=O)C2OC(C)=O)C2C(COC(C)=O)=CCC12. The van der Waals surface area contributed by atoms with Crippen molar-refractivity contribution < 1.29 is 71.4 Å². The molecule has 15 nitrogen and oxygen atoms in total. The number of carbonyl (C=O) groups is 6. The fourth-order valence-corrected chi connectivity index (χ4v) is 5.02. The molecule has 1 saturated heterocycles. The molecule has 15 heteroatoms. The Balaban J connectivity index is 2.01. The van der Waals surface area contributed by atoms with E-state index in [4.69, 9.17) is 42.6 Å². The summed E-state index contributed by atoms with van der Waals surface area (Å²) < 4.78 is 49.4. The average molecular weight is 599 g/mol. The third-order valence-corrected chi connectivity index (χ3v) is 6.60. The van der Waals surface area contributed by atoms with Gasteiger partial charge < -0.3 is 42.6 Å². The van der Waals surface area contributed by atoms with Gasteiger partial charge in [0.05, 0.1) is 24.9 Å². The molecule has 0 amide bonds. The lowest BCUT2D eigenvalue weighted by Gasteiger charge is -2.45. The van der Waals surface area contributed by atoms with Crippen molar-refractivity contribution in [2.75, 3.05) is 20.3 Å². The van der Waals surface area contributed by atoms with Crippen molar-refractivity contribution >= 4 is 35.8 Å². The van der Waals surface area contributed by atoms with Crippen LogP contribution in [0.15, 0.2) is 23.5 Å². The van der Waals surface area contributed by atoms with Crippen molar-refractivity contribution in [2.24, 2.45) is 11.8 Å². The second kappa shape index (κ2) is 14.3. The van der Waals surface area contributed by atoms with Crippen LogP contribution < -0.4 is 0 Å². The Hall–Kier alpha value is -3.98. The van der Waals surface area contributed by atoms with E-state index < -0.39 is 91.3 Å². The minimum absolute atomic E-state index is 0.118. The normalized spacial score (nSPS) is 29.9. The summed E-state index contributed by atoms with van der Waals surface area (Å²) in [5, 5.41) is 0. The number of hydrogen-bond donors (Lipinski definition) is 0. The van der Waals surface area contributed by atoms with E-state index in [1.54, 1.807) is 6.08 Å².